The number of anilines is 1. The first-order valence-electron chi connectivity index (χ1n) is 16.2. The summed E-state index contributed by atoms with van der Waals surface area (Å²) in [5.41, 5.74) is 4.26. The normalized spacial score (nSPS) is 12.1. The fraction of sp³-hybridized carbons (Fsp3) is 0. The molecule has 4 N–H and O–H groups in total. The number of aromatic hydroxyl groups is 2. The Kier molecular flexibility index (Phi) is 8.37. The molecule has 0 aromatic heterocycles. The molecule has 3 amide bonds. The van der Waals surface area contributed by atoms with Crippen LogP contribution in [0.1, 0.15) is 26.3 Å². The molecule has 53 heavy (non-hydrogen) atoms. The van der Waals surface area contributed by atoms with E-state index in [4.69, 9.17) is 11.6 Å². The van der Waals surface area contributed by atoms with Gasteiger partial charge in [0.15, 0.2) is 5.78 Å². The van der Waals surface area contributed by atoms with Gasteiger partial charge in [-0.15, -0.1) is 10.2 Å². The van der Waals surface area contributed by atoms with Crippen LogP contribution in [0.2, 0.25) is 5.02 Å². The molecule has 0 fully saturated rings. The number of phenolic OH excluding ortho intramolecular Hbond substituents is 2. The largest absolute Gasteiger partial charge is 0.506 e. The maximum Gasteiger partial charge on any atom is 0.326 e. The Morgan fingerprint density at radius 1 is 0.566 bits per heavy atom. The predicted molar refractivity (Wildman–Crippen MR) is 203 cm³/mol. The Balaban J connectivity index is 1.01. The van der Waals surface area contributed by atoms with Crippen LogP contribution in [0.15, 0.2) is 148 Å². The molecule has 0 heterocycles. The van der Waals surface area contributed by atoms with E-state index >= 15 is 0 Å². The van der Waals surface area contributed by atoms with Crippen LogP contribution < -0.4 is 10.6 Å². The molecule has 1 aliphatic carbocycles. The SMILES string of the molecule is O=C(NC(=O)c1ccc2c(N=Nc3ccc4c(c3)C(=O)c3cc(N=Nc5c(O)ccc6ccccc56)ccc3-4)c(O)ccc2c1)Nc1ccccc1Cl. The number of phenols is 2. The van der Waals surface area contributed by atoms with E-state index in [0.717, 1.165) is 21.9 Å². The van der Waals surface area contributed by atoms with Crippen molar-refractivity contribution in [1.82, 2.24) is 5.32 Å². The lowest BCUT2D eigenvalue weighted by Gasteiger charge is -2.09. The fourth-order valence-electron chi connectivity index (χ4n) is 6.18. The molecule has 0 spiro atoms. The van der Waals surface area contributed by atoms with Crippen LogP contribution in [0.4, 0.5) is 33.2 Å². The zero-order valence-electron chi connectivity index (χ0n) is 27.4. The molecular weight excluding hydrogens is 692 g/mol. The van der Waals surface area contributed by atoms with Crippen molar-refractivity contribution < 1.29 is 24.6 Å². The summed E-state index contributed by atoms with van der Waals surface area (Å²) in [4.78, 5) is 38.9. The molecule has 8 rings (SSSR count). The van der Waals surface area contributed by atoms with Crippen molar-refractivity contribution >= 4 is 79.3 Å². The second-order valence-corrected chi connectivity index (χ2v) is 12.5. The maximum absolute atomic E-state index is 13.6. The molecule has 12 heteroatoms. The van der Waals surface area contributed by atoms with Crippen LogP contribution in [0.3, 0.4) is 0 Å². The van der Waals surface area contributed by atoms with E-state index in [1.165, 1.54) is 12.1 Å². The van der Waals surface area contributed by atoms with Crippen molar-refractivity contribution in [3.8, 4) is 22.6 Å². The topological polar surface area (TPSA) is 165 Å². The lowest BCUT2D eigenvalue weighted by atomic mass is 10.0. The van der Waals surface area contributed by atoms with Crippen LogP contribution in [0, 0.1) is 0 Å². The Morgan fingerprint density at radius 3 is 1.81 bits per heavy atom. The molecule has 0 unspecified atom stereocenters. The maximum atomic E-state index is 13.6. The number of halogens is 1. The van der Waals surface area contributed by atoms with Crippen molar-refractivity contribution in [2.24, 2.45) is 20.5 Å². The Labute approximate surface area is 305 Å². The van der Waals surface area contributed by atoms with Gasteiger partial charge < -0.3 is 15.5 Å². The van der Waals surface area contributed by atoms with Crippen LogP contribution in [-0.2, 0) is 0 Å². The van der Waals surface area contributed by atoms with Gasteiger partial charge in [0.05, 0.1) is 22.1 Å². The van der Waals surface area contributed by atoms with Gasteiger partial charge in [0.25, 0.3) is 5.91 Å². The highest BCUT2D eigenvalue weighted by atomic mass is 35.5. The van der Waals surface area contributed by atoms with Crippen LogP contribution in [0.25, 0.3) is 32.7 Å². The number of nitrogens with one attached hydrogen (secondary N) is 2. The number of para-hydroxylation sites is 1. The lowest BCUT2D eigenvalue weighted by molar-refractivity contribution is 0.0966. The summed E-state index contributed by atoms with van der Waals surface area (Å²) >= 11 is 6.09. The molecule has 0 saturated heterocycles. The van der Waals surface area contributed by atoms with Crippen LogP contribution >= 0.6 is 11.6 Å². The summed E-state index contributed by atoms with van der Waals surface area (Å²) in [5, 5.41) is 46.3. The molecule has 0 radical (unpaired) electrons. The number of azo groups is 2. The minimum Gasteiger partial charge on any atom is -0.506 e. The number of carbonyl (C=O) groups excluding carboxylic acids is 3. The number of carbonyl (C=O) groups is 3. The molecule has 7 aromatic carbocycles. The summed E-state index contributed by atoms with van der Waals surface area (Å²) in [6, 6.07) is 34.9. The summed E-state index contributed by atoms with van der Waals surface area (Å²) in [5.74, 6) is -0.993. The molecule has 7 aromatic rings. The highest BCUT2D eigenvalue weighted by Crippen LogP contribution is 2.42. The summed E-state index contributed by atoms with van der Waals surface area (Å²) in [6.45, 7) is 0. The number of ketones is 1. The number of fused-ring (bicyclic) bond motifs is 5. The average Bonchev–Trinajstić information content (AvgIpc) is 3.44. The van der Waals surface area contributed by atoms with E-state index in [9.17, 15) is 24.6 Å². The zero-order chi connectivity index (χ0) is 36.6. The standard InChI is InChI=1S/C41H25ClN6O5/c42-33-7-3-4-8-34(33)43-41(53)44-40(52)24-9-14-28-23(19-24)11-18-36(50)38(28)48-46-26-13-16-30-29-15-12-25(20-31(29)39(51)32(30)21-26)45-47-37-27-6-2-1-5-22(27)10-17-35(37)49/h1-21,49-50H,(H2,43,44,52,53). The number of urea groups is 1. The highest BCUT2D eigenvalue weighted by Gasteiger charge is 2.27. The minimum atomic E-state index is -0.747. The Bertz CT molecular complexity index is 2750. The highest BCUT2D eigenvalue weighted by molar-refractivity contribution is 6.33. The lowest BCUT2D eigenvalue weighted by Crippen LogP contribution is -2.34. The number of imide groups is 1. The molecule has 0 bridgehead atoms. The van der Waals surface area contributed by atoms with Gasteiger partial charge >= 0.3 is 6.03 Å². The van der Waals surface area contributed by atoms with E-state index < -0.39 is 11.9 Å². The third kappa shape index (κ3) is 6.32. The van der Waals surface area contributed by atoms with E-state index in [1.54, 1.807) is 84.9 Å². The molecule has 1 aliphatic rings. The van der Waals surface area contributed by atoms with Gasteiger partial charge in [-0.3, -0.25) is 14.9 Å². The van der Waals surface area contributed by atoms with E-state index in [2.05, 4.69) is 31.1 Å². The summed E-state index contributed by atoms with van der Waals surface area (Å²) in [6.07, 6.45) is 0. The van der Waals surface area contributed by atoms with E-state index in [-0.39, 0.29) is 28.5 Å². The van der Waals surface area contributed by atoms with Crippen molar-refractivity contribution in [2.75, 3.05) is 5.32 Å². The average molecular weight is 717 g/mol. The van der Waals surface area contributed by atoms with Crippen LogP contribution in [0.5, 0.6) is 11.5 Å². The van der Waals surface area contributed by atoms with Crippen molar-refractivity contribution in [3.05, 3.63) is 149 Å². The Morgan fingerprint density at radius 2 is 1.15 bits per heavy atom. The van der Waals surface area contributed by atoms with Crippen molar-refractivity contribution in [2.45, 2.75) is 0 Å². The molecule has 256 valence electrons. The van der Waals surface area contributed by atoms with Crippen molar-refractivity contribution in [1.29, 1.82) is 0 Å². The van der Waals surface area contributed by atoms with Crippen LogP contribution in [-0.4, -0.2) is 27.9 Å². The number of rotatable bonds is 6. The van der Waals surface area contributed by atoms with E-state index in [1.807, 2.05) is 30.3 Å². The molecule has 0 saturated carbocycles. The van der Waals surface area contributed by atoms with Crippen molar-refractivity contribution in [3.63, 3.8) is 0 Å². The molecule has 11 nitrogen and oxygen atoms in total. The number of amides is 3. The second kappa shape index (κ2) is 13.5. The third-order valence-electron chi connectivity index (χ3n) is 8.78. The first kappa shape index (κ1) is 32.9. The minimum absolute atomic E-state index is 0.000212. The number of benzene rings is 7. The zero-order valence-corrected chi connectivity index (χ0v) is 28.2. The molecular formula is C41H25ClN6O5. The molecule has 0 aliphatic heterocycles. The summed E-state index contributed by atoms with van der Waals surface area (Å²) < 4.78 is 0. The Hall–Kier alpha value is -7.24. The van der Waals surface area contributed by atoms with Gasteiger partial charge in [-0.05, 0) is 82.6 Å². The van der Waals surface area contributed by atoms with Gasteiger partial charge in [0.2, 0.25) is 0 Å². The van der Waals surface area contributed by atoms with Gasteiger partial charge in [-0.1, -0.05) is 78.3 Å². The quantitative estimate of drug-likeness (QED) is 0.125. The van der Waals surface area contributed by atoms with E-state index in [0.29, 0.717) is 49.7 Å². The summed E-state index contributed by atoms with van der Waals surface area (Å²) in [7, 11) is 0. The number of hydrogen-bond acceptors (Lipinski definition) is 9. The van der Waals surface area contributed by atoms with Gasteiger partial charge in [-0.2, -0.15) is 10.2 Å². The first-order chi connectivity index (χ1) is 25.7. The predicted octanol–water partition coefficient (Wildman–Crippen LogP) is 11.1. The monoisotopic (exact) mass is 716 g/mol. The third-order valence-corrected chi connectivity index (χ3v) is 9.11. The van der Waals surface area contributed by atoms with Gasteiger partial charge in [-0.25, -0.2) is 4.79 Å². The first-order valence-corrected chi connectivity index (χ1v) is 16.6. The van der Waals surface area contributed by atoms with Gasteiger partial charge in [0, 0.05) is 27.5 Å². The molecule has 0 atom stereocenters. The number of hydrogen-bond donors (Lipinski definition) is 4. The van der Waals surface area contributed by atoms with Gasteiger partial charge in [0.1, 0.15) is 22.9 Å². The second-order valence-electron chi connectivity index (χ2n) is 12.1. The fourth-order valence-corrected chi connectivity index (χ4v) is 6.37. The number of nitrogens with zero attached hydrogens (tertiary/aromatic N) is 4. The smallest absolute Gasteiger partial charge is 0.326 e.